The summed E-state index contributed by atoms with van der Waals surface area (Å²) in [4.78, 5) is 21.9. The molecule has 0 aliphatic carbocycles. The number of amidine groups is 1. The molecule has 0 unspecified atom stereocenters. The van der Waals surface area contributed by atoms with Crippen LogP contribution < -0.4 is 0 Å². The molecule has 0 spiro atoms. The summed E-state index contributed by atoms with van der Waals surface area (Å²) in [5.74, 6) is -0.156. The zero-order chi connectivity index (χ0) is 19.5. The molecule has 28 heavy (non-hydrogen) atoms. The molecule has 144 valence electrons. The van der Waals surface area contributed by atoms with Crippen LogP contribution in [0.2, 0.25) is 5.02 Å². The summed E-state index contributed by atoms with van der Waals surface area (Å²) in [7, 11) is 0. The number of hydrogen-bond acceptors (Lipinski definition) is 4. The van der Waals surface area contributed by atoms with Gasteiger partial charge in [0.05, 0.1) is 4.91 Å². The molecule has 0 aromatic heterocycles. The van der Waals surface area contributed by atoms with E-state index < -0.39 is 0 Å². The van der Waals surface area contributed by atoms with Crippen molar-refractivity contribution in [3.05, 3.63) is 75.1 Å². The number of rotatable bonds is 3. The number of aryl methyl sites for hydroxylation is 1. The highest BCUT2D eigenvalue weighted by atomic mass is 35.5. The van der Waals surface area contributed by atoms with E-state index in [1.165, 1.54) is 22.9 Å². The van der Waals surface area contributed by atoms with E-state index in [1.54, 1.807) is 0 Å². The third-order valence-electron chi connectivity index (χ3n) is 4.95. The van der Waals surface area contributed by atoms with Crippen molar-refractivity contribution in [1.29, 1.82) is 0 Å². The summed E-state index contributed by atoms with van der Waals surface area (Å²) in [6.07, 6.45) is 1.88. The van der Waals surface area contributed by atoms with Gasteiger partial charge in [-0.1, -0.05) is 53.6 Å². The maximum atomic E-state index is 12.3. The predicted molar refractivity (Wildman–Crippen MR) is 117 cm³/mol. The van der Waals surface area contributed by atoms with Crippen LogP contribution in [-0.2, 0) is 11.3 Å². The van der Waals surface area contributed by atoms with Crippen molar-refractivity contribution >= 4 is 40.5 Å². The van der Waals surface area contributed by atoms with Gasteiger partial charge in [-0.25, -0.2) is 0 Å². The number of thioether (sulfide) groups is 1. The molecule has 4 rings (SSSR count). The van der Waals surface area contributed by atoms with E-state index in [-0.39, 0.29) is 5.91 Å². The van der Waals surface area contributed by atoms with Crippen molar-refractivity contribution in [2.24, 2.45) is 4.99 Å². The van der Waals surface area contributed by atoms with E-state index in [1.807, 2.05) is 30.3 Å². The zero-order valence-electron chi connectivity index (χ0n) is 15.8. The molecule has 6 heteroatoms. The lowest BCUT2D eigenvalue weighted by molar-refractivity contribution is -0.113. The molecule has 0 saturated carbocycles. The van der Waals surface area contributed by atoms with Crippen LogP contribution in [-0.4, -0.2) is 47.1 Å². The average Bonchev–Trinajstić information content (AvgIpc) is 3.06. The van der Waals surface area contributed by atoms with E-state index in [2.05, 4.69) is 46.0 Å². The zero-order valence-corrected chi connectivity index (χ0v) is 17.3. The van der Waals surface area contributed by atoms with Crippen molar-refractivity contribution < 1.29 is 4.79 Å². The third kappa shape index (κ3) is 4.66. The molecule has 1 saturated heterocycles. The highest BCUT2D eigenvalue weighted by Crippen LogP contribution is 2.31. The van der Waals surface area contributed by atoms with Crippen LogP contribution in [0.1, 0.15) is 16.7 Å². The van der Waals surface area contributed by atoms with Gasteiger partial charge in [0.15, 0.2) is 5.17 Å². The summed E-state index contributed by atoms with van der Waals surface area (Å²) in [5.41, 5.74) is 3.59. The number of amides is 1. The molecule has 2 heterocycles. The first kappa shape index (κ1) is 19.2. The molecule has 2 aromatic carbocycles. The average molecular weight is 412 g/mol. The van der Waals surface area contributed by atoms with Gasteiger partial charge in [-0.3, -0.25) is 9.69 Å². The highest BCUT2D eigenvalue weighted by Gasteiger charge is 2.28. The van der Waals surface area contributed by atoms with Gasteiger partial charge in [0.1, 0.15) is 0 Å². The van der Waals surface area contributed by atoms with Gasteiger partial charge in [0, 0.05) is 37.7 Å². The van der Waals surface area contributed by atoms with E-state index in [9.17, 15) is 4.79 Å². The predicted octanol–water partition coefficient (Wildman–Crippen LogP) is 4.44. The maximum Gasteiger partial charge on any atom is 0.286 e. The molecule has 1 fully saturated rings. The second-order valence-electron chi connectivity index (χ2n) is 7.11. The monoisotopic (exact) mass is 411 g/mol. The Morgan fingerprint density at radius 2 is 1.71 bits per heavy atom. The summed E-state index contributed by atoms with van der Waals surface area (Å²) in [6.45, 7) is 6.79. The number of carbonyl (C=O) groups excluding carboxylic acids is 1. The molecule has 0 radical (unpaired) electrons. The lowest BCUT2D eigenvalue weighted by atomic mass is 10.1. The molecule has 2 aliphatic heterocycles. The van der Waals surface area contributed by atoms with Crippen LogP contribution in [0.15, 0.2) is 58.4 Å². The van der Waals surface area contributed by atoms with Crippen molar-refractivity contribution in [2.75, 3.05) is 26.2 Å². The minimum absolute atomic E-state index is 0.156. The molecule has 0 bridgehead atoms. The number of halogens is 1. The lowest BCUT2D eigenvalue weighted by Gasteiger charge is -2.35. The largest absolute Gasteiger partial charge is 0.348 e. The Hall–Kier alpha value is -2.08. The molecular formula is C22H22ClN3OS. The fraction of sp³-hybridized carbons (Fsp3) is 0.273. The highest BCUT2D eigenvalue weighted by molar-refractivity contribution is 8.18. The number of aliphatic imine (C=N–C) groups is 1. The molecule has 2 aromatic rings. The fourth-order valence-electron chi connectivity index (χ4n) is 3.29. The van der Waals surface area contributed by atoms with Crippen molar-refractivity contribution in [3.8, 4) is 0 Å². The van der Waals surface area contributed by atoms with E-state index in [0.29, 0.717) is 9.93 Å². The van der Waals surface area contributed by atoms with Crippen LogP contribution in [0.5, 0.6) is 0 Å². The van der Waals surface area contributed by atoms with Crippen LogP contribution in [0.4, 0.5) is 0 Å². The molecule has 0 N–H and O–H groups in total. The summed E-state index contributed by atoms with van der Waals surface area (Å²) >= 11 is 7.39. The van der Waals surface area contributed by atoms with Crippen LogP contribution >= 0.6 is 23.4 Å². The minimum atomic E-state index is -0.156. The Morgan fingerprint density at radius 3 is 2.39 bits per heavy atom. The quantitative estimate of drug-likeness (QED) is 0.699. The third-order valence-corrected chi connectivity index (χ3v) is 6.24. The number of benzene rings is 2. The van der Waals surface area contributed by atoms with E-state index >= 15 is 0 Å². The van der Waals surface area contributed by atoms with Gasteiger partial charge in [0.25, 0.3) is 5.91 Å². The molecule has 4 nitrogen and oxygen atoms in total. The first-order chi connectivity index (χ1) is 13.6. The lowest BCUT2D eigenvalue weighted by Crippen LogP contribution is -2.47. The Balaban J connectivity index is 1.33. The minimum Gasteiger partial charge on any atom is -0.348 e. The first-order valence-electron chi connectivity index (χ1n) is 9.38. The molecular weight excluding hydrogens is 390 g/mol. The normalized spacial score (nSPS) is 19.4. The van der Waals surface area contributed by atoms with Gasteiger partial charge in [0.2, 0.25) is 0 Å². The Morgan fingerprint density at radius 1 is 1.04 bits per heavy atom. The first-order valence-corrected chi connectivity index (χ1v) is 10.6. The second-order valence-corrected chi connectivity index (χ2v) is 8.56. The maximum absolute atomic E-state index is 12.3. The van der Waals surface area contributed by atoms with Crippen LogP contribution in [0.25, 0.3) is 6.08 Å². The summed E-state index contributed by atoms with van der Waals surface area (Å²) < 4.78 is 0. The Kier molecular flexibility index (Phi) is 5.85. The smallest absolute Gasteiger partial charge is 0.286 e. The van der Waals surface area contributed by atoms with Crippen molar-refractivity contribution in [1.82, 2.24) is 9.80 Å². The number of nitrogens with zero attached hydrogens (tertiary/aromatic N) is 3. The van der Waals surface area contributed by atoms with Crippen molar-refractivity contribution in [2.45, 2.75) is 13.5 Å². The summed E-state index contributed by atoms with van der Waals surface area (Å²) in [5, 5.41) is 1.51. The fourth-order valence-corrected chi connectivity index (χ4v) is 4.38. The van der Waals surface area contributed by atoms with Gasteiger partial charge in [-0.2, -0.15) is 4.99 Å². The number of hydrogen-bond donors (Lipinski definition) is 0. The Bertz CT molecular complexity index is 914. The van der Waals surface area contributed by atoms with Gasteiger partial charge in [-0.15, -0.1) is 0 Å². The number of piperazine rings is 1. The standard InChI is InChI=1S/C22H22ClN3OS/c1-16-2-4-18(5-3-16)15-25-10-12-26(13-11-25)22-24-21(27)20(28-22)14-17-6-8-19(23)9-7-17/h2-9,14H,10-13,15H2,1H3/b20-14-. The van der Waals surface area contributed by atoms with Gasteiger partial charge in [-0.05, 0) is 48.0 Å². The van der Waals surface area contributed by atoms with Gasteiger partial charge < -0.3 is 4.90 Å². The van der Waals surface area contributed by atoms with Crippen LogP contribution in [0, 0.1) is 6.92 Å². The molecule has 1 amide bonds. The topological polar surface area (TPSA) is 35.9 Å². The van der Waals surface area contributed by atoms with E-state index in [0.717, 1.165) is 43.5 Å². The molecule has 0 atom stereocenters. The Labute approximate surface area is 174 Å². The second kappa shape index (κ2) is 8.52. The summed E-state index contributed by atoms with van der Waals surface area (Å²) in [6, 6.07) is 16.2. The van der Waals surface area contributed by atoms with Crippen molar-refractivity contribution in [3.63, 3.8) is 0 Å². The SMILES string of the molecule is Cc1ccc(CN2CCN(C3=NC(=O)/C(=C/c4ccc(Cl)cc4)S3)CC2)cc1. The van der Waals surface area contributed by atoms with E-state index in [4.69, 9.17) is 11.6 Å². The number of carbonyl (C=O) groups is 1. The van der Waals surface area contributed by atoms with Gasteiger partial charge >= 0.3 is 0 Å². The van der Waals surface area contributed by atoms with Crippen LogP contribution in [0.3, 0.4) is 0 Å². The molecule has 2 aliphatic rings.